The molecule has 34 heavy (non-hydrogen) atoms. The van der Waals surface area contributed by atoms with Crippen LogP contribution in [0, 0.1) is 5.82 Å². The van der Waals surface area contributed by atoms with Gasteiger partial charge in [-0.1, -0.05) is 42.1 Å². The second-order valence-electron chi connectivity index (χ2n) is 7.44. The Balaban J connectivity index is 1.45. The second-order valence-corrected chi connectivity index (χ2v) is 8.51. The monoisotopic (exact) mass is 474 g/mol. The van der Waals surface area contributed by atoms with Crippen molar-refractivity contribution in [1.29, 1.82) is 0 Å². The largest absolute Gasteiger partial charge is 0.494 e. The van der Waals surface area contributed by atoms with E-state index in [1.165, 1.54) is 17.8 Å². The number of aromatic nitrogens is 4. The van der Waals surface area contributed by atoms with Crippen molar-refractivity contribution in [2.45, 2.75) is 12.1 Å². The molecule has 5 aromatic rings. The minimum Gasteiger partial charge on any atom is -0.494 e. The summed E-state index contributed by atoms with van der Waals surface area (Å²) in [7, 11) is 0. The van der Waals surface area contributed by atoms with Gasteiger partial charge in [0.1, 0.15) is 5.75 Å². The molecular weight excluding hydrogens is 451 g/mol. The van der Waals surface area contributed by atoms with Crippen molar-refractivity contribution in [3.63, 3.8) is 0 Å². The van der Waals surface area contributed by atoms with Crippen LogP contribution in [0.1, 0.15) is 6.92 Å². The molecule has 0 bridgehead atoms. The van der Waals surface area contributed by atoms with E-state index in [0.717, 1.165) is 38.9 Å². The lowest BCUT2D eigenvalue weighted by Crippen LogP contribution is -2.04. The zero-order valence-electron chi connectivity index (χ0n) is 18.6. The fourth-order valence-corrected chi connectivity index (χ4v) is 4.50. The SMILES string of the molecule is CCOc1ccc(-n2c(SCCOc3ccccc3F)nnc2-c2c[nH]c3ccccc23)cc1. The van der Waals surface area contributed by atoms with Crippen LogP contribution in [0.4, 0.5) is 4.39 Å². The van der Waals surface area contributed by atoms with Crippen molar-refractivity contribution in [3.8, 4) is 28.6 Å². The van der Waals surface area contributed by atoms with E-state index in [1.807, 2.05) is 60.2 Å². The molecule has 0 fully saturated rings. The third kappa shape index (κ3) is 4.49. The van der Waals surface area contributed by atoms with Crippen LogP contribution in [0.5, 0.6) is 11.5 Å². The van der Waals surface area contributed by atoms with Gasteiger partial charge in [-0.2, -0.15) is 0 Å². The topological polar surface area (TPSA) is 65.0 Å². The summed E-state index contributed by atoms with van der Waals surface area (Å²) in [5, 5.41) is 10.8. The average molecular weight is 475 g/mol. The van der Waals surface area contributed by atoms with Gasteiger partial charge in [-0.3, -0.25) is 4.57 Å². The summed E-state index contributed by atoms with van der Waals surface area (Å²) in [5.74, 6) is 2.00. The van der Waals surface area contributed by atoms with E-state index < -0.39 is 0 Å². The smallest absolute Gasteiger partial charge is 0.196 e. The lowest BCUT2D eigenvalue weighted by Gasteiger charge is -2.11. The molecule has 0 saturated heterocycles. The summed E-state index contributed by atoms with van der Waals surface area (Å²) in [6.45, 7) is 2.90. The summed E-state index contributed by atoms with van der Waals surface area (Å²) >= 11 is 1.51. The standard InChI is InChI=1S/C26H23FN4O2S/c1-2-32-19-13-11-18(12-14-19)31-25(21-17-28-23-9-5-3-7-20(21)23)29-30-26(31)34-16-15-33-24-10-6-4-8-22(24)27/h3-14,17,28H,2,15-16H2,1H3. The van der Waals surface area contributed by atoms with E-state index in [1.54, 1.807) is 18.2 Å². The molecule has 0 aliphatic rings. The number of hydrogen-bond donors (Lipinski definition) is 1. The van der Waals surface area contributed by atoms with Crippen molar-refractivity contribution in [2.24, 2.45) is 0 Å². The molecule has 172 valence electrons. The van der Waals surface area contributed by atoms with Crippen molar-refractivity contribution in [3.05, 3.63) is 84.8 Å². The van der Waals surface area contributed by atoms with Gasteiger partial charge in [0.05, 0.1) is 13.2 Å². The highest BCUT2D eigenvalue weighted by Crippen LogP contribution is 2.33. The maximum absolute atomic E-state index is 13.8. The number of nitrogens with zero attached hydrogens (tertiary/aromatic N) is 3. The molecule has 0 unspecified atom stereocenters. The maximum atomic E-state index is 13.8. The van der Waals surface area contributed by atoms with Crippen molar-refractivity contribution in [1.82, 2.24) is 19.7 Å². The molecule has 0 atom stereocenters. The normalized spacial score (nSPS) is 11.1. The van der Waals surface area contributed by atoms with Crippen molar-refractivity contribution >= 4 is 22.7 Å². The minimum atomic E-state index is -0.369. The molecule has 1 N–H and O–H groups in total. The van der Waals surface area contributed by atoms with Gasteiger partial charge in [0.15, 0.2) is 22.5 Å². The number of rotatable bonds is 9. The molecule has 0 saturated carbocycles. The van der Waals surface area contributed by atoms with Gasteiger partial charge in [-0.05, 0) is 49.4 Å². The first kappa shape index (κ1) is 22.0. The van der Waals surface area contributed by atoms with Crippen LogP contribution in [0.3, 0.4) is 0 Å². The lowest BCUT2D eigenvalue weighted by atomic mass is 10.1. The highest BCUT2D eigenvalue weighted by atomic mass is 32.2. The summed E-state index contributed by atoms with van der Waals surface area (Å²) in [5.41, 5.74) is 2.92. The van der Waals surface area contributed by atoms with Gasteiger partial charge in [-0.25, -0.2) is 4.39 Å². The number of benzene rings is 3. The number of hydrogen-bond acceptors (Lipinski definition) is 5. The molecule has 2 heterocycles. The highest BCUT2D eigenvalue weighted by Gasteiger charge is 2.19. The van der Waals surface area contributed by atoms with Crippen LogP contribution < -0.4 is 9.47 Å². The van der Waals surface area contributed by atoms with Crippen LogP contribution in [-0.2, 0) is 0 Å². The van der Waals surface area contributed by atoms with Crippen molar-refractivity contribution < 1.29 is 13.9 Å². The molecule has 5 rings (SSSR count). The van der Waals surface area contributed by atoms with Crippen LogP contribution in [0.2, 0.25) is 0 Å². The van der Waals surface area contributed by atoms with Gasteiger partial charge >= 0.3 is 0 Å². The molecule has 8 heteroatoms. The predicted octanol–water partition coefficient (Wildman–Crippen LogP) is 6.12. The average Bonchev–Trinajstić information content (AvgIpc) is 3.48. The van der Waals surface area contributed by atoms with E-state index in [9.17, 15) is 4.39 Å². The van der Waals surface area contributed by atoms with Gasteiger partial charge in [0.25, 0.3) is 0 Å². The van der Waals surface area contributed by atoms with Crippen LogP contribution in [0.25, 0.3) is 28.0 Å². The van der Waals surface area contributed by atoms with Gasteiger partial charge < -0.3 is 14.5 Å². The Hall–Kier alpha value is -3.78. The Morgan fingerprint density at radius 1 is 0.941 bits per heavy atom. The number of thioether (sulfide) groups is 1. The quantitative estimate of drug-likeness (QED) is 0.206. The fourth-order valence-electron chi connectivity index (χ4n) is 3.73. The number of aromatic amines is 1. The molecule has 0 radical (unpaired) electrons. The summed E-state index contributed by atoms with van der Waals surface area (Å²) in [6, 6.07) is 22.4. The van der Waals surface area contributed by atoms with E-state index in [-0.39, 0.29) is 11.6 Å². The molecule has 6 nitrogen and oxygen atoms in total. The van der Waals surface area contributed by atoms with Gasteiger partial charge in [-0.15, -0.1) is 10.2 Å². The first-order chi connectivity index (χ1) is 16.7. The second kappa shape index (κ2) is 10.0. The van der Waals surface area contributed by atoms with Crippen LogP contribution in [-0.4, -0.2) is 38.7 Å². The zero-order valence-corrected chi connectivity index (χ0v) is 19.4. The third-order valence-corrected chi connectivity index (χ3v) is 6.17. The summed E-state index contributed by atoms with van der Waals surface area (Å²) < 4.78 is 27.1. The number of H-pyrrole nitrogens is 1. The number of nitrogens with one attached hydrogen (secondary N) is 1. The molecule has 0 aliphatic carbocycles. The van der Waals surface area contributed by atoms with Crippen molar-refractivity contribution in [2.75, 3.05) is 19.0 Å². The molecule has 2 aromatic heterocycles. The Morgan fingerprint density at radius 2 is 1.74 bits per heavy atom. The number of fused-ring (bicyclic) bond motifs is 1. The van der Waals surface area contributed by atoms with E-state index in [0.29, 0.717) is 19.0 Å². The minimum absolute atomic E-state index is 0.246. The molecule has 0 spiro atoms. The fraction of sp³-hybridized carbons (Fsp3) is 0.154. The third-order valence-electron chi connectivity index (χ3n) is 5.28. The zero-order chi connectivity index (χ0) is 23.3. The van der Waals surface area contributed by atoms with E-state index >= 15 is 0 Å². The number of para-hydroxylation sites is 2. The maximum Gasteiger partial charge on any atom is 0.196 e. The lowest BCUT2D eigenvalue weighted by molar-refractivity contribution is 0.325. The Morgan fingerprint density at radius 3 is 2.56 bits per heavy atom. The number of ether oxygens (including phenoxy) is 2. The molecular formula is C26H23FN4O2S. The number of halogens is 1. The molecule has 3 aromatic carbocycles. The molecule has 0 aliphatic heterocycles. The Bertz CT molecular complexity index is 1400. The predicted molar refractivity (Wildman–Crippen MR) is 132 cm³/mol. The first-order valence-electron chi connectivity index (χ1n) is 11.0. The van der Waals surface area contributed by atoms with Crippen LogP contribution >= 0.6 is 11.8 Å². The van der Waals surface area contributed by atoms with E-state index in [2.05, 4.69) is 21.2 Å². The Labute approximate surface area is 200 Å². The van der Waals surface area contributed by atoms with Gasteiger partial charge in [0, 0.05) is 34.1 Å². The summed E-state index contributed by atoms with van der Waals surface area (Å²) in [4.78, 5) is 3.31. The van der Waals surface area contributed by atoms with Crippen LogP contribution in [0.15, 0.2) is 84.1 Å². The van der Waals surface area contributed by atoms with E-state index in [4.69, 9.17) is 9.47 Å². The summed E-state index contributed by atoms with van der Waals surface area (Å²) in [6.07, 6.45) is 1.95. The first-order valence-corrected chi connectivity index (χ1v) is 12.0. The highest BCUT2D eigenvalue weighted by molar-refractivity contribution is 7.99. The Kier molecular flexibility index (Phi) is 6.49. The van der Waals surface area contributed by atoms with Gasteiger partial charge in [0.2, 0.25) is 0 Å². The molecule has 0 amide bonds.